The van der Waals surface area contributed by atoms with Crippen molar-refractivity contribution in [3.63, 3.8) is 0 Å². The lowest BCUT2D eigenvalue weighted by Crippen LogP contribution is -2.17. The maximum Gasteiger partial charge on any atom is 0.376 e. The number of rotatable bonds is 14. The van der Waals surface area contributed by atoms with Crippen LogP contribution >= 0.6 is 0 Å². The molecule has 0 saturated heterocycles. The van der Waals surface area contributed by atoms with Crippen molar-refractivity contribution in [2.24, 2.45) is 0 Å². The molecule has 8 heteroatoms. The molecule has 0 atom stereocenters. The molecule has 0 aliphatic rings. The number of para-hydroxylation sites is 2. The Labute approximate surface area is 188 Å². The van der Waals surface area contributed by atoms with Gasteiger partial charge in [0.1, 0.15) is 22.6 Å². The molecule has 2 radical (unpaired) electrons. The molecule has 32 heavy (non-hydrogen) atoms. The molecule has 0 heterocycles. The zero-order valence-corrected chi connectivity index (χ0v) is 18.3. The Balaban J connectivity index is 1.96. The average molecular weight is 444 g/mol. The molecule has 0 spiro atoms. The van der Waals surface area contributed by atoms with Gasteiger partial charge in [-0.15, -0.1) is 9.78 Å². The Hall–Kier alpha value is -3.10. The van der Waals surface area contributed by atoms with Crippen molar-refractivity contribution in [3.8, 4) is 11.5 Å². The van der Waals surface area contributed by atoms with Crippen molar-refractivity contribution < 1.29 is 38.6 Å². The summed E-state index contributed by atoms with van der Waals surface area (Å²) in [5.74, 6) is -0.896. The van der Waals surface area contributed by atoms with Gasteiger partial charge in [-0.2, -0.15) is 0 Å². The van der Waals surface area contributed by atoms with Crippen LogP contribution in [0.15, 0.2) is 48.5 Å². The lowest BCUT2D eigenvalue weighted by molar-refractivity contribution is -0.364. The molecule has 0 aliphatic carbocycles. The highest BCUT2D eigenvalue weighted by Gasteiger charge is 2.23. The van der Waals surface area contributed by atoms with E-state index in [0.29, 0.717) is 17.9 Å². The highest BCUT2D eigenvalue weighted by Crippen LogP contribution is 2.23. The Morgan fingerprint density at radius 3 is 1.62 bits per heavy atom. The van der Waals surface area contributed by atoms with Crippen LogP contribution in [0.1, 0.15) is 59.2 Å². The predicted molar refractivity (Wildman–Crippen MR) is 115 cm³/mol. The van der Waals surface area contributed by atoms with E-state index in [1.54, 1.807) is 36.4 Å². The molecule has 2 aromatic rings. The summed E-state index contributed by atoms with van der Waals surface area (Å²) in [4.78, 5) is 44.6. The van der Waals surface area contributed by atoms with Gasteiger partial charge in [-0.1, -0.05) is 56.9 Å². The first-order valence-corrected chi connectivity index (χ1v) is 10.3. The normalized spacial score (nSPS) is 10.6. The van der Waals surface area contributed by atoms with E-state index in [1.807, 2.05) is 0 Å². The molecule has 0 bridgehead atoms. The second-order valence-electron chi connectivity index (χ2n) is 6.70. The van der Waals surface area contributed by atoms with Crippen LogP contribution in [0.5, 0.6) is 11.5 Å². The van der Waals surface area contributed by atoms with Gasteiger partial charge in [0.15, 0.2) is 0 Å². The van der Waals surface area contributed by atoms with E-state index < -0.39 is 11.9 Å². The number of carbonyl (C=O) groups is 2. The quantitative estimate of drug-likeness (QED) is 0.222. The number of unbranched alkanes of at least 4 members (excludes halogenated alkanes) is 4. The maximum atomic E-state index is 12.4. The van der Waals surface area contributed by atoms with E-state index in [2.05, 4.69) is 6.92 Å². The summed E-state index contributed by atoms with van der Waals surface area (Å²) in [6.07, 6.45) is 4.50. The molecule has 0 aromatic heterocycles. The van der Waals surface area contributed by atoms with Crippen molar-refractivity contribution >= 4 is 11.9 Å². The fourth-order valence-electron chi connectivity index (χ4n) is 2.78. The molecule has 8 nitrogen and oxygen atoms in total. The number of hydrogen-bond acceptors (Lipinski definition) is 8. The van der Waals surface area contributed by atoms with Gasteiger partial charge in [0, 0.05) is 6.42 Å². The van der Waals surface area contributed by atoms with Gasteiger partial charge >= 0.3 is 18.2 Å². The minimum Gasteiger partial charge on any atom is -0.496 e. The molecule has 0 saturated carbocycles. The minimum absolute atomic E-state index is 0.161. The van der Waals surface area contributed by atoms with Crippen LogP contribution in [0, 0.1) is 13.2 Å². The van der Waals surface area contributed by atoms with E-state index in [1.165, 1.54) is 26.4 Å². The Kier molecular flexibility index (Phi) is 11.1. The first kappa shape index (κ1) is 25.2. The molecular weight excluding hydrogens is 416 g/mol. The standard InChI is InChI=1S/C24H28O8/c1-4-5-6-7-8-17-22(29-31-23(25)18-13-9-11-15-20(18)27-2)30-32-24(26)19-14-10-12-16-21(19)28-3/h9-16H,1,4-8,17H2,2-3H3. The summed E-state index contributed by atoms with van der Waals surface area (Å²) in [6.45, 7) is 3.81. The van der Waals surface area contributed by atoms with Crippen molar-refractivity contribution in [1.82, 2.24) is 0 Å². The molecule has 172 valence electrons. The number of benzene rings is 2. The third kappa shape index (κ3) is 7.86. The van der Waals surface area contributed by atoms with Crippen LogP contribution < -0.4 is 9.47 Å². The van der Waals surface area contributed by atoms with Crippen LogP contribution in [0.3, 0.4) is 0 Å². The average Bonchev–Trinajstić information content (AvgIpc) is 2.84. The van der Waals surface area contributed by atoms with Crippen LogP contribution in [0.2, 0.25) is 0 Å². The van der Waals surface area contributed by atoms with Gasteiger partial charge in [0.05, 0.1) is 14.2 Å². The lowest BCUT2D eigenvalue weighted by Gasteiger charge is -2.14. The van der Waals surface area contributed by atoms with Crippen LogP contribution in [0.25, 0.3) is 0 Å². The highest BCUT2D eigenvalue weighted by atomic mass is 17.3. The highest BCUT2D eigenvalue weighted by molar-refractivity contribution is 5.92. The Morgan fingerprint density at radius 1 is 0.688 bits per heavy atom. The fourth-order valence-corrected chi connectivity index (χ4v) is 2.78. The molecule has 2 rings (SSSR count). The minimum atomic E-state index is -0.781. The maximum absolute atomic E-state index is 12.4. The molecular formula is C24H28O8. The molecule has 0 aliphatic heterocycles. The van der Waals surface area contributed by atoms with Gasteiger partial charge in [0.2, 0.25) is 0 Å². The van der Waals surface area contributed by atoms with Crippen LogP contribution in [-0.4, -0.2) is 26.2 Å². The second-order valence-corrected chi connectivity index (χ2v) is 6.70. The monoisotopic (exact) mass is 444 g/mol. The number of ether oxygens (including phenoxy) is 2. The van der Waals surface area contributed by atoms with Gasteiger partial charge in [-0.05, 0) is 30.7 Å². The molecule has 0 amide bonds. The van der Waals surface area contributed by atoms with Crippen LogP contribution in [0.4, 0.5) is 0 Å². The summed E-state index contributed by atoms with van der Waals surface area (Å²) < 4.78 is 10.3. The zero-order valence-electron chi connectivity index (χ0n) is 18.3. The fraction of sp³-hybridized carbons (Fsp3) is 0.333. The lowest BCUT2D eigenvalue weighted by atomic mass is 10.1. The van der Waals surface area contributed by atoms with Crippen molar-refractivity contribution in [1.29, 1.82) is 0 Å². The number of hydrogen-bond donors (Lipinski definition) is 0. The SMILES string of the molecule is [CH2]CCCCCC[C](OOC(=O)c1ccccc1OC)OOC(=O)c1ccccc1OC. The van der Waals surface area contributed by atoms with E-state index in [9.17, 15) is 9.59 Å². The van der Waals surface area contributed by atoms with Gasteiger partial charge < -0.3 is 9.47 Å². The third-order valence-corrected chi connectivity index (χ3v) is 4.46. The largest absolute Gasteiger partial charge is 0.496 e. The van der Waals surface area contributed by atoms with Gasteiger partial charge in [-0.3, -0.25) is 9.78 Å². The first-order chi connectivity index (χ1) is 15.6. The molecule has 0 N–H and O–H groups in total. The Morgan fingerprint density at radius 2 is 1.16 bits per heavy atom. The van der Waals surface area contributed by atoms with Crippen LogP contribution in [-0.2, 0) is 19.6 Å². The second kappa shape index (κ2) is 14.1. The van der Waals surface area contributed by atoms with Crippen molar-refractivity contribution in [3.05, 3.63) is 72.9 Å². The first-order valence-electron chi connectivity index (χ1n) is 10.3. The summed E-state index contributed by atoms with van der Waals surface area (Å²) in [7, 11) is 2.88. The summed E-state index contributed by atoms with van der Waals surface area (Å²) in [5.41, 5.74) is 0.353. The van der Waals surface area contributed by atoms with E-state index in [-0.39, 0.29) is 23.8 Å². The summed E-state index contributed by atoms with van der Waals surface area (Å²) in [6, 6.07) is 13.1. The van der Waals surface area contributed by atoms with E-state index in [4.69, 9.17) is 29.0 Å². The van der Waals surface area contributed by atoms with E-state index >= 15 is 0 Å². The number of carbonyl (C=O) groups excluding carboxylic acids is 2. The zero-order chi connectivity index (χ0) is 23.2. The summed E-state index contributed by atoms with van der Waals surface area (Å²) >= 11 is 0. The predicted octanol–water partition coefficient (Wildman–Crippen LogP) is 5.24. The smallest absolute Gasteiger partial charge is 0.376 e. The molecule has 0 unspecified atom stereocenters. The Bertz CT molecular complexity index is 788. The number of methoxy groups -OCH3 is 2. The van der Waals surface area contributed by atoms with Crippen molar-refractivity contribution in [2.45, 2.75) is 38.5 Å². The third-order valence-electron chi connectivity index (χ3n) is 4.46. The van der Waals surface area contributed by atoms with Crippen molar-refractivity contribution in [2.75, 3.05) is 14.2 Å². The van der Waals surface area contributed by atoms with Gasteiger partial charge in [0.25, 0.3) is 0 Å². The molecule has 2 aromatic carbocycles. The topological polar surface area (TPSA) is 89.5 Å². The van der Waals surface area contributed by atoms with E-state index in [0.717, 1.165) is 25.7 Å². The van der Waals surface area contributed by atoms with Gasteiger partial charge in [-0.25, -0.2) is 9.59 Å². The summed E-state index contributed by atoms with van der Waals surface area (Å²) in [5, 5.41) is 0. The molecule has 0 fully saturated rings.